The third-order valence-electron chi connectivity index (χ3n) is 4.69. The highest BCUT2D eigenvalue weighted by atomic mass is 35.5. The van der Waals surface area contributed by atoms with Crippen molar-refractivity contribution in [2.75, 3.05) is 31.5 Å². The number of hydrogen-bond donors (Lipinski definition) is 1. The second-order valence-corrected chi connectivity index (χ2v) is 8.93. The number of rotatable bonds is 3. The van der Waals surface area contributed by atoms with Gasteiger partial charge in [-0.3, -0.25) is 0 Å². The van der Waals surface area contributed by atoms with Gasteiger partial charge >= 0.3 is 6.03 Å². The Labute approximate surface area is 147 Å². The summed E-state index contributed by atoms with van der Waals surface area (Å²) >= 11 is 5.91. The van der Waals surface area contributed by atoms with Crippen molar-refractivity contribution in [3.63, 3.8) is 0 Å². The van der Waals surface area contributed by atoms with Gasteiger partial charge in [0.2, 0.25) is 10.0 Å². The standard InChI is InChI=1S/C16H22ClN3O3S/c17-13-4-3-5-14(12-13)18-16(21)19-8-10-20(11-9-19)24(22,23)15-6-1-2-7-15/h3-5,12,15H,1-2,6-11H2,(H,18,21). The highest BCUT2D eigenvalue weighted by molar-refractivity contribution is 7.89. The van der Waals surface area contributed by atoms with E-state index in [0.29, 0.717) is 36.9 Å². The summed E-state index contributed by atoms with van der Waals surface area (Å²) in [6.07, 6.45) is 3.51. The lowest BCUT2D eigenvalue weighted by molar-refractivity contribution is 0.184. The number of urea groups is 1. The van der Waals surface area contributed by atoms with Crippen molar-refractivity contribution in [1.82, 2.24) is 9.21 Å². The van der Waals surface area contributed by atoms with Crippen molar-refractivity contribution < 1.29 is 13.2 Å². The van der Waals surface area contributed by atoms with Crippen molar-refractivity contribution in [3.8, 4) is 0 Å². The van der Waals surface area contributed by atoms with Crippen LogP contribution < -0.4 is 5.32 Å². The number of sulfonamides is 1. The number of halogens is 1. The minimum atomic E-state index is -3.22. The normalized spacial score (nSPS) is 20.3. The molecule has 1 aromatic rings. The van der Waals surface area contributed by atoms with Crippen molar-refractivity contribution in [2.45, 2.75) is 30.9 Å². The molecular formula is C16H22ClN3O3S. The van der Waals surface area contributed by atoms with Gasteiger partial charge in [0.05, 0.1) is 5.25 Å². The molecule has 6 nitrogen and oxygen atoms in total. The molecular weight excluding hydrogens is 350 g/mol. The molecule has 2 fully saturated rings. The van der Waals surface area contributed by atoms with Gasteiger partial charge in [-0.15, -0.1) is 0 Å². The largest absolute Gasteiger partial charge is 0.322 e. The van der Waals surface area contributed by atoms with Crippen LogP contribution in [-0.4, -0.2) is 55.1 Å². The number of anilines is 1. The van der Waals surface area contributed by atoms with Crippen LogP contribution >= 0.6 is 11.6 Å². The van der Waals surface area contributed by atoms with E-state index in [1.54, 1.807) is 33.5 Å². The molecule has 2 aliphatic rings. The minimum Gasteiger partial charge on any atom is -0.322 e. The van der Waals surface area contributed by atoms with Crippen LogP contribution in [0.4, 0.5) is 10.5 Å². The molecule has 1 aromatic carbocycles. The van der Waals surface area contributed by atoms with Gasteiger partial charge in [0.15, 0.2) is 0 Å². The van der Waals surface area contributed by atoms with E-state index in [4.69, 9.17) is 11.6 Å². The number of carbonyl (C=O) groups excluding carboxylic acids is 1. The topological polar surface area (TPSA) is 69.7 Å². The lowest BCUT2D eigenvalue weighted by atomic mass is 10.3. The van der Waals surface area contributed by atoms with Crippen molar-refractivity contribution in [1.29, 1.82) is 0 Å². The Morgan fingerprint density at radius 1 is 1.12 bits per heavy atom. The van der Waals surface area contributed by atoms with E-state index in [2.05, 4.69) is 5.32 Å². The van der Waals surface area contributed by atoms with Gasteiger partial charge in [0, 0.05) is 36.9 Å². The number of piperazine rings is 1. The summed E-state index contributed by atoms with van der Waals surface area (Å²) in [4.78, 5) is 13.9. The molecule has 0 bridgehead atoms. The first-order chi connectivity index (χ1) is 11.5. The molecule has 8 heteroatoms. The molecule has 1 aliphatic heterocycles. The Morgan fingerprint density at radius 3 is 2.42 bits per heavy atom. The van der Waals surface area contributed by atoms with Gasteiger partial charge in [-0.1, -0.05) is 30.5 Å². The smallest absolute Gasteiger partial charge is 0.321 e. The first kappa shape index (κ1) is 17.5. The van der Waals surface area contributed by atoms with Gasteiger partial charge in [0.25, 0.3) is 0 Å². The molecule has 0 atom stereocenters. The zero-order valence-corrected chi connectivity index (χ0v) is 15.0. The van der Waals surface area contributed by atoms with Crippen LogP contribution in [0.2, 0.25) is 5.02 Å². The van der Waals surface area contributed by atoms with Crippen LogP contribution in [0.15, 0.2) is 24.3 Å². The highest BCUT2D eigenvalue weighted by Gasteiger charge is 2.36. The van der Waals surface area contributed by atoms with E-state index >= 15 is 0 Å². The maximum atomic E-state index is 12.6. The quantitative estimate of drug-likeness (QED) is 0.888. The highest BCUT2D eigenvalue weighted by Crippen LogP contribution is 2.27. The third-order valence-corrected chi connectivity index (χ3v) is 7.32. The summed E-state index contributed by atoms with van der Waals surface area (Å²) in [5.74, 6) is 0. The second-order valence-electron chi connectivity index (χ2n) is 6.28. The van der Waals surface area contributed by atoms with Crippen LogP contribution in [0, 0.1) is 0 Å². The monoisotopic (exact) mass is 371 g/mol. The zero-order valence-electron chi connectivity index (χ0n) is 13.4. The number of amides is 2. The lowest BCUT2D eigenvalue weighted by Crippen LogP contribution is -2.53. The van der Waals surface area contributed by atoms with Gasteiger partial charge < -0.3 is 10.2 Å². The maximum Gasteiger partial charge on any atom is 0.321 e. The average Bonchev–Trinajstić information content (AvgIpc) is 3.10. The molecule has 0 spiro atoms. The van der Waals surface area contributed by atoms with E-state index in [-0.39, 0.29) is 11.3 Å². The van der Waals surface area contributed by atoms with Crippen LogP contribution in [0.25, 0.3) is 0 Å². The van der Waals surface area contributed by atoms with Crippen LogP contribution in [0.5, 0.6) is 0 Å². The second kappa shape index (κ2) is 7.29. The van der Waals surface area contributed by atoms with Gasteiger partial charge in [0.1, 0.15) is 0 Å². The van der Waals surface area contributed by atoms with E-state index in [0.717, 1.165) is 25.7 Å². The maximum absolute atomic E-state index is 12.6. The van der Waals surface area contributed by atoms with Crippen molar-refractivity contribution >= 4 is 33.3 Å². The molecule has 1 saturated carbocycles. The Kier molecular flexibility index (Phi) is 5.32. The molecule has 1 aliphatic carbocycles. The Bertz CT molecular complexity index is 696. The summed E-state index contributed by atoms with van der Waals surface area (Å²) in [5.41, 5.74) is 0.633. The Morgan fingerprint density at radius 2 is 1.79 bits per heavy atom. The number of hydrogen-bond acceptors (Lipinski definition) is 3. The molecule has 0 aromatic heterocycles. The Hall–Kier alpha value is -1.31. The van der Waals surface area contributed by atoms with Gasteiger partial charge in [-0.2, -0.15) is 4.31 Å². The molecule has 24 heavy (non-hydrogen) atoms. The van der Waals surface area contributed by atoms with Gasteiger partial charge in [-0.05, 0) is 31.0 Å². The molecule has 1 N–H and O–H groups in total. The number of benzene rings is 1. The summed E-state index contributed by atoms with van der Waals surface area (Å²) in [7, 11) is -3.22. The first-order valence-electron chi connectivity index (χ1n) is 8.27. The molecule has 3 rings (SSSR count). The third kappa shape index (κ3) is 3.84. The van der Waals surface area contributed by atoms with Crippen LogP contribution in [-0.2, 0) is 10.0 Å². The summed E-state index contributed by atoms with van der Waals surface area (Å²) in [6, 6.07) is 6.73. The average molecular weight is 372 g/mol. The summed E-state index contributed by atoms with van der Waals surface area (Å²) in [5, 5.41) is 3.12. The van der Waals surface area contributed by atoms with Crippen molar-refractivity contribution in [3.05, 3.63) is 29.3 Å². The number of nitrogens with one attached hydrogen (secondary N) is 1. The number of nitrogens with zero attached hydrogens (tertiary/aromatic N) is 2. The van der Waals surface area contributed by atoms with Crippen molar-refractivity contribution in [2.24, 2.45) is 0 Å². The summed E-state index contributed by atoms with van der Waals surface area (Å²) in [6.45, 7) is 1.53. The molecule has 1 saturated heterocycles. The fourth-order valence-electron chi connectivity index (χ4n) is 3.31. The van der Waals surface area contributed by atoms with E-state index in [1.807, 2.05) is 0 Å². The van der Waals surface area contributed by atoms with E-state index in [1.165, 1.54) is 0 Å². The molecule has 0 radical (unpaired) electrons. The van der Waals surface area contributed by atoms with E-state index < -0.39 is 10.0 Å². The predicted octanol–water partition coefficient (Wildman–Crippen LogP) is 2.76. The molecule has 132 valence electrons. The van der Waals surface area contributed by atoms with E-state index in [9.17, 15) is 13.2 Å². The fourth-order valence-corrected chi connectivity index (χ4v) is 5.52. The first-order valence-corrected chi connectivity index (χ1v) is 10.2. The minimum absolute atomic E-state index is 0.227. The summed E-state index contributed by atoms with van der Waals surface area (Å²) < 4.78 is 26.7. The zero-order chi connectivity index (χ0) is 17.2. The predicted molar refractivity (Wildman–Crippen MR) is 94.8 cm³/mol. The fraction of sp³-hybridized carbons (Fsp3) is 0.562. The Balaban J connectivity index is 1.55. The van der Waals surface area contributed by atoms with Gasteiger partial charge in [-0.25, -0.2) is 13.2 Å². The molecule has 0 unspecified atom stereocenters. The van der Waals surface area contributed by atoms with Crippen LogP contribution in [0.3, 0.4) is 0 Å². The number of carbonyl (C=O) groups is 1. The van der Waals surface area contributed by atoms with Crippen LogP contribution in [0.1, 0.15) is 25.7 Å². The lowest BCUT2D eigenvalue weighted by Gasteiger charge is -2.35. The molecule has 2 amide bonds. The molecule has 1 heterocycles. The SMILES string of the molecule is O=C(Nc1cccc(Cl)c1)N1CCN(S(=O)(=O)C2CCCC2)CC1.